The molecule has 0 saturated carbocycles. The first-order chi connectivity index (χ1) is 7.19. The molecule has 0 bridgehead atoms. The topological polar surface area (TPSA) is 52.0 Å². The van der Waals surface area contributed by atoms with E-state index >= 15 is 0 Å². The van der Waals surface area contributed by atoms with Crippen molar-refractivity contribution in [3.05, 3.63) is 34.9 Å². The largest absolute Gasteiger partial charge is 0.330 e. The van der Waals surface area contributed by atoms with Gasteiger partial charge in [0.2, 0.25) is 0 Å². The molecule has 84 valence electrons. The quantitative estimate of drug-likeness (QED) is 0.771. The van der Waals surface area contributed by atoms with Gasteiger partial charge < -0.3 is 11.5 Å². The number of nitrogens with two attached hydrogens (primary N) is 2. The van der Waals surface area contributed by atoms with E-state index < -0.39 is 0 Å². The fraction of sp³-hybridized carbons (Fsp3) is 0.538. The molecule has 0 unspecified atom stereocenters. The molecular formula is C13H22N2. The molecule has 1 aromatic carbocycles. The Morgan fingerprint density at radius 3 is 2.40 bits per heavy atom. The maximum atomic E-state index is 5.64. The van der Waals surface area contributed by atoms with Crippen LogP contribution in [-0.4, -0.2) is 13.1 Å². The van der Waals surface area contributed by atoms with Crippen LogP contribution in [0, 0.1) is 19.8 Å². The molecule has 0 atom stereocenters. The van der Waals surface area contributed by atoms with Crippen molar-refractivity contribution in [3.63, 3.8) is 0 Å². The summed E-state index contributed by atoms with van der Waals surface area (Å²) < 4.78 is 0. The average molecular weight is 206 g/mol. The zero-order valence-electron chi connectivity index (χ0n) is 9.79. The maximum absolute atomic E-state index is 5.64. The maximum Gasteiger partial charge on any atom is -0.00367 e. The van der Waals surface area contributed by atoms with Crippen molar-refractivity contribution in [1.29, 1.82) is 0 Å². The number of benzene rings is 1. The highest BCUT2D eigenvalue weighted by Crippen LogP contribution is 2.16. The molecular weight excluding hydrogens is 184 g/mol. The fourth-order valence-electron chi connectivity index (χ4n) is 1.77. The van der Waals surface area contributed by atoms with Gasteiger partial charge in [-0.2, -0.15) is 0 Å². The predicted molar refractivity (Wildman–Crippen MR) is 65.8 cm³/mol. The Hall–Kier alpha value is -0.860. The molecule has 0 heterocycles. The molecule has 2 heteroatoms. The van der Waals surface area contributed by atoms with E-state index in [4.69, 9.17) is 11.5 Å². The molecule has 1 rings (SSSR count). The molecule has 0 fully saturated rings. The summed E-state index contributed by atoms with van der Waals surface area (Å²) in [6.45, 7) is 5.73. The average Bonchev–Trinajstić information content (AvgIpc) is 2.25. The van der Waals surface area contributed by atoms with Gasteiger partial charge in [-0.3, -0.25) is 0 Å². The second kappa shape index (κ2) is 5.89. The number of aryl methyl sites for hydroxylation is 2. The molecule has 0 amide bonds. The highest BCUT2D eigenvalue weighted by atomic mass is 14.6. The van der Waals surface area contributed by atoms with E-state index in [-0.39, 0.29) is 0 Å². The number of hydrogen-bond acceptors (Lipinski definition) is 2. The van der Waals surface area contributed by atoms with Crippen molar-refractivity contribution in [2.45, 2.75) is 26.7 Å². The summed E-state index contributed by atoms with van der Waals surface area (Å²) in [5.74, 6) is 0.463. The predicted octanol–water partition coefficient (Wildman–Crippen LogP) is 1.77. The SMILES string of the molecule is Cc1cccc(CCC(CN)CN)c1C. The normalized spacial score (nSPS) is 11.0. The summed E-state index contributed by atoms with van der Waals surface area (Å²) in [5.41, 5.74) is 15.5. The molecule has 0 aliphatic heterocycles. The van der Waals surface area contributed by atoms with Crippen molar-refractivity contribution >= 4 is 0 Å². The van der Waals surface area contributed by atoms with Crippen LogP contribution in [0.15, 0.2) is 18.2 Å². The van der Waals surface area contributed by atoms with Crippen molar-refractivity contribution in [3.8, 4) is 0 Å². The second-order valence-corrected chi connectivity index (χ2v) is 4.24. The third kappa shape index (κ3) is 3.33. The van der Waals surface area contributed by atoms with Gasteiger partial charge in [0.05, 0.1) is 0 Å². The van der Waals surface area contributed by atoms with Crippen LogP contribution in [0.3, 0.4) is 0 Å². The second-order valence-electron chi connectivity index (χ2n) is 4.24. The lowest BCUT2D eigenvalue weighted by molar-refractivity contribution is 0.507. The summed E-state index contributed by atoms with van der Waals surface area (Å²) in [7, 11) is 0. The van der Waals surface area contributed by atoms with Crippen molar-refractivity contribution in [2.75, 3.05) is 13.1 Å². The van der Waals surface area contributed by atoms with E-state index in [9.17, 15) is 0 Å². The Labute approximate surface area is 92.7 Å². The minimum atomic E-state index is 0.463. The Bertz CT molecular complexity index is 303. The molecule has 0 aromatic heterocycles. The van der Waals surface area contributed by atoms with Crippen LogP contribution < -0.4 is 11.5 Å². The van der Waals surface area contributed by atoms with Crippen LogP contribution >= 0.6 is 0 Å². The summed E-state index contributed by atoms with van der Waals surface area (Å²) >= 11 is 0. The standard InChI is InChI=1S/C13H22N2/c1-10-4-3-5-13(11(10)2)7-6-12(8-14)9-15/h3-5,12H,6-9,14-15H2,1-2H3. The minimum Gasteiger partial charge on any atom is -0.330 e. The van der Waals surface area contributed by atoms with Crippen LogP contribution in [0.1, 0.15) is 23.1 Å². The Kier molecular flexibility index (Phi) is 4.79. The molecule has 1 aromatic rings. The summed E-state index contributed by atoms with van der Waals surface area (Å²) in [6.07, 6.45) is 2.18. The van der Waals surface area contributed by atoms with E-state index in [0.29, 0.717) is 19.0 Å². The van der Waals surface area contributed by atoms with Gasteiger partial charge in [0.1, 0.15) is 0 Å². The van der Waals surface area contributed by atoms with Gasteiger partial charge in [0.25, 0.3) is 0 Å². The molecule has 2 nitrogen and oxygen atoms in total. The first kappa shape index (κ1) is 12.2. The van der Waals surface area contributed by atoms with Crippen LogP contribution in [0.25, 0.3) is 0 Å². The zero-order valence-corrected chi connectivity index (χ0v) is 9.79. The van der Waals surface area contributed by atoms with Crippen molar-refractivity contribution in [1.82, 2.24) is 0 Å². The Morgan fingerprint density at radius 1 is 1.13 bits per heavy atom. The first-order valence-corrected chi connectivity index (χ1v) is 5.64. The molecule has 0 aliphatic rings. The minimum absolute atomic E-state index is 0.463. The van der Waals surface area contributed by atoms with Gasteiger partial charge in [-0.05, 0) is 62.4 Å². The van der Waals surface area contributed by atoms with E-state index in [1.165, 1.54) is 16.7 Å². The monoisotopic (exact) mass is 206 g/mol. The molecule has 0 saturated heterocycles. The van der Waals surface area contributed by atoms with E-state index in [2.05, 4.69) is 32.0 Å². The van der Waals surface area contributed by atoms with Gasteiger partial charge in [-0.1, -0.05) is 18.2 Å². The van der Waals surface area contributed by atoms with Gasteiger partial charge in [-0.25, -0.2) is 0 Å². The van der Waals surface area contributed by atoms with Gasteiger partial charge in [0, 0.05) is 0 Å². The van der Waals surface area contributed by atoms with Crippen LogP contribution in [0.5, 0.6) is 0 Å². The molecule has 0 spiro atoms. The Balaban J connectivity index is 2.61. The van der Waals surface area contributed by atoms with Crippen LogP contribution in [0.2, 0.25) is 0 Å². The van der Waals surface area contributed by atoms with Crippen molar-refractivity contribution in [2.24, 2.45) is 17.4 Å². The van der Waals surface area contributed by atoms with Gasteiger partial charge >= 0.3 is 0 Å². The van der Waals surface area contributed by atoms with Gasteiger partial charge in [-0.15, -0.1) is 0 Å². The van der Waals surface area contributed by atoms with Crippen LogP contribution in [0.4, 0.5) is 0 Å². The molecule has 0 radical (unpaired) electrons. The smallest absolute Gasteiger partial charge is 0.00367 e. The lowest BCUT2D eigenvalue weighted by atomic mass is 9.95. The Morgan fingerprint density at radius 2 is 1.80 bits per heavy atom. The summed E-state index contributed by atoms with van der Waals surface area (Å²) in [4.78, 5) is 0. The third-order valence-electron chi connectivity index (χ3n) is 3.21. The number of hydrogen-bond donors (Lipinski definition) is 2. The van der Waals surface area contributed by atoms with Crippen molar-refractivity contribution < 1.29 is 0 Å². The first-order valence-electron chi connectivity index (χ1n) is 5.64. The fourth-order valence-corrected chi connectivity index (χ4v) is 1.77. The lowest BCUT2D eigenvalue weighted by Crippen LogP contribution is -2.23. The summed E-state index contributed by atoms with van der Waals surface area (Å²) in [5, 5.41) is 0. The molecule has 0 aliphatic carbocycles. The zero-order chi connectivity index (χ0) is 11.3. The van der Waals surface area contributed by atoms with E-state index in [0.717, 1.165) is 12.8 Å². The molecule has 4 N–H and O–H groups in total. The molecule has 15 heavy (non-hydrogen) atoms. The van der Waals surface area contributed by atoms with Crippen LogP contribution in [-0.2, 0) is 6.42 Å². The van der Waals surface area contributed by atoms with Gasteiger partial charge in [0.15, 0.2) is 0 Å². The highest BCUT2D eigenvalue weighted by Gasteiger charge is 2.06. The number of rotatable bonds is 5. The van der Waals surface area contributed by atoms with E-state index in [1.54, 1.807) is 0 Å². The highest BCUT2D eigenvalue weighted by molar-refractivity contribution is 5.33. The third-order valence-corrected chi connectivity index (χ3v) is 3.21. The summed E-state index contributed by atoms with van der Waals surface area (Å²) in [6, 6.07) is 6.48. The van der Waals surface area contributed by atoms with E-state index in [1.807, 2.05) is 0 Å². The lowest BCUT2D eigenvalue weighted by Gasteiger charge is -2.13.